The molecule has 0 saturated carbocycles. The Balaban J connectivity index is 2.18. The van der Waals surface area contributed by atoms with Crippen molar-refractivity contribution in [2.45, 2.75) is 37.1 Å². The number of carbonyl (C=O) groups excluding carboxylic acids is 1. The topological polar surface area (TPSA) is 57.6 Å². The van der Waals surface area contributed by atoms with Crippen molar-refractivity contribution in [1.82, 2.24) is 0 Å². The van der Waals surface area contributed by atoms with E-state index in [1.54, 1.807) is 16.7 Å². The molecule has 1 aromatic rings. The van der Waals surface area contributed by atoms with Gasteiger partial charge in [0.2, 0.25) is 5.91 Å². The van der Waals surface area contributed by atoms with E-state index in [1.165, 1.54) is 0 Å². The summed E-state index contributed by atoms with van der Waals surface area (Å²) in [4.78, 5) is 25.8. The van der Waals surface area contributed by atoms with Crippen molar-refractivity contribution in [2.24, 2.45) is 0 Å². The van der Waals surface area contributed by atoms with Gasteiger partial charge in [0.1, 0.15) is 0 Å². The van der Waals surface area contributed by atoms with Crippen LogP contribution >= 0.6 is 27.7 Å². The number of fused-ring (bicyclic) bond motifs is 1. The van der Waals surface area contributed by atoms with Gasteiger partial charge in [-0.3, -0.25) is 9.59 Å². The fourth-order valence-electron chi connectivity index (χ4n) is 2.23. The smallest absolute Gasteiger partial charge is 0.303 e. The minimum Gasteiger partial charge on any atom is -0.481 e. The first-order valence-electron chi connectivity index (χ1n) is 6.46. The Hall–Kier alpha value is -1.01. The Labute approximate surface area is 130 Å². The molecule has 20 heavy (non-hydrogen) atoms. The Bertz CT molecular complexity index is 535. The summed E-state index contributed by atoms with van der Waals surface area (Å²) in [5.41, 5.74) is 0.913. The van der Waals surface area contributed by atoms with Gasteiger partial charge >= 0.3 is 5.97 Å². The quantitative estimate of drug-likeness (QED) is 0.895. The predicted molar refractivity (Wildman–Crippen MR) is 83.3 cm³/mol. The lowest BCUT2D eigenvalue weighted by molar-refractivity contribution is -0.137. The summed E-state index contributed by atoms with van der Waals surface area (Å²) in [5.74, 6) is -0.0115. The van der Waals surface area contributed by atoms with E-state index in [4.69, 9.17) is 5.11 Å². The normalized spacial score (nSPS) is 17.7. The monoisotopic (exact) mass is 357 g/mol. The third-order valence-corrected chi connectivity index (χ3v) is 5.09. The number of benzene rings is 1. The van der Waals surface area contributed by atoms with Gasteiger partial charge in [0.15, 0.2) is 0 Å². The van der Waals surface area contributed by atoms with Gasteiger partial charge in [-0.1, -0.05) is 6.07 Å². The van der Waals surface area contributed by atoms with Gasteiger partial charge in [-0.15, -0.1) is 11.8 Å². The molecule has 0 spiro atoms. The van der Waals surface area contributed by atoms with Crippen LogP contribution in [0.1, 0.15) is 26.2 Å². The summed E-state index contributed by atoms with van der Waals surface area (Å²) >= 11 is 5.25. The standard InChI is InChI=1S/C14H16BrNO3S/c1-9-8-20-11-5-2-4-10(15)14(11)16(9)12(17)6-3-7-13(18)19/h2,4-5,9H,3,6-8H2,1H3,(H,18,19). The van der Waals surface area contributed by atoms with Gasteiger partial charge in [-0.05, 0) is 41.4 Å². The number of rotatable bonds is 4. The molecule has 0 saturated heterocycles. The maximum absolute atomic E-state index is 12.4. The molecule has 108 valence electrons. The van der Waals surface area contributed by atoms with E-state index in [9.17, 15) is 9.59 Å². The molecule has 1 amide bonds. The van der Waals surface area contributed by atoms with Crippen LogP contribution in [0.3, 0.4) is 0 Å². The van der Waals surface area contributed by atoms with E-state index < -0.39 is 5.97 Å². The Kier molecular flexibility index (Phi) is 5.10. The molecule has 4 nitrogen and oxygen atoms in total. The second-order valence-corrected chi connectivity index (χ2v) is 6.67. The number of halogens is 1. The number of thioether (sulfide) groups is 1. The first-order valence-corrected chi connectivity index (χ1v) is 8.23. The number of nitrogens with zero attached hydrogens (tertiary/aromatic N) is 1. The molecule has 1 atom stereocenters. The summed E-state index contributed by atoms with van der Waals surface area (Å²) in [6.07, 6.45) is 0.678. The zero-order valence-electron chi connectivity index (χ0n) is 11.1. The second kappa shape index (κ2) is 6.63. The van der Waals surface area contributed by atoms with Crippen LogP contribution in [0.15, 0.2) is 27.6 Å². The van der Waals surface area contributed by atoms with E-state index in [-0.39, 0.29) is 24.8 Å². The molecule has 2 rings (SSSR count). The number of hydrogen-bond donors (Lipinski definition) is 1. The third kappa shape index (κ3) is 3.35. The lowest BCUT2D eigenvalue weighted by atomic mass is 10.1. The van der Waals surface area contributed by atoms with Crippen molar-refractivity contribution in [3.05, 3.63) is 22.7 Å². The molecule has 0 radical (unpaired) electrons. The highest BCUT2D eigenvalue weighted by atomic mass is 79.9. The van der Waals surface area contributed by atoms with Crippen molar-refractivity contribution < 1.29 is 14.7 Å². The molecular formula is C14H16BrNO3S. The molecule has 6 heteroatoms. The largest absolute Gasteiger partial charge is 0.481 e. The van der Waals surface area contributed by atoms with Crippen molar-refractivity contribution in [3.8, 4) is 0 Å². The van der Waals surface area contributed by atoms with E-state index in [0.717, 1.165) is 20.8 Å². The first kappa shape index (κ1) is 15.4. The molecule has 1 aliphatic heterocycles. The van der Waals surface area contributed by atoms with Gasteiger partial charge in [0.05, 0.1) is 5.69 Å². The molecule has 1 heterocycles. The minimum absolute atomic E-state index is 0.00722. The SMILES string of the molecule is CC1CSc2cccc(Br)c2N1C(=O)CCCC(=O)O. The highest BCUT2D eigenvalue weighted by Crippen LogP contribution is 2.42. The number of anilines is 1. The number of amides is 1. The van der Waals surface area contributed by atoms with Crippen LogP contribution in [0.5, 0.6) is 0 Å². The average Bonchev–Trinajstić information content (AvgIpc) is 2.39. The average molecular weight is 358 g/mol. The number of carbonyl (C=O) groups is 2. The van der Waals surface area contributed by atoms with E-state index >= 15 is 0 Å². The lowest BCUT2D eigenvalue weighted by Crippen LogP contribution is -2.42. The molecule has 0 aromatic heterocycles. The van der Waals surface area contributed by atoms with Crippen LogP contribution in [0.4, 0.5) is 5.69 Å². The van der Waals surface area contributed by atoms with Gasteiger partial charge < -0.3 is 10.0 Å². The summed E-state index contributed by atoms with van der Waals surface area (Å²) < 4.78 is 0.903. The molecule has 1 aromatic carbocycles. The van der Waals surface area contributed by atoms with Crippen LogP contribution in [0.2, 0.25) is 0 Å². The molecule has 0 fully saturated rings. The van der Waals surface area contributed by atoms with E-state index in [1.807, 2.05) is 25.1 Å². The van der Waals surface area contributed by atoms with Crippen LogP contribution in [-0.2, 0) is 9.59 Å². The van der Waals surface area contributed by atoms with Crippen molar-refractivity contribution in [1.29, 1.82) is 0 Å². The minimum atomic E-state index is -0.860. The molecular weight excluding hydrogens is 342 g/mol. The number of carboxylic acids is 1. The van der Waals surface area contributed by atoms with E-state index in [0.29, 0.717) is 6.42 Å². The van der Waals surface area contributed by atoms with Crippen LogP contribution in [0.25, 0.3) is 0 Å². The molecule has 1 unspecified atom stereocenters. The Morgan fingerprint density at radius 3 is 2.90 bits per heavy atom. The maximum atomic E-state index is 12.4. The highest BCUT2D eigenvalue weighted by Gasteiger charge is 2.30. The molecule has 1 aliphatic rings. The summed E-state index contributed by atoms with van der Waals surface area (Å²) in [7, 11) is 0. The maximum Gasteiger partial charge on any atom is 0.303 e. The van der Waals surface area contributed by atoms with Crippen molar-refractivity contribution >= 4 is 45.3 Å². The van der Waals surface area contributed by atoms with Crippen LogP contribution < -0.4 is 4.90 Å². The number of carboxylic acid groups (broad SMARTS) is 1. The summed E-state index contributed by atoms with van der Waals surface area (Å²) in [6.45, 7) is 2.02. The van der Waals surface area contributed by atoms with Crippen molar-refractivity contribution in [2.75, 3.05) is 10.7 Å². The number of hydrogen-bond acceptors (Lipinski definition) is 3. The molecule has 0 aliphatic carbocycles. The molecule has 1 N–H and O–H groups in total. The Morgan fingerprint density at radius 2 is 2.20 bits per heavy atom. The summed E-state index contributed by atoms with van der Waals surface area (Å²) in [5, 5.41) is 8.65. The summed E-state index contributed by atoms with van der Waals surface area (Å²) in [6, 6.07) is 6.01. The van der Waals surface area contributed by atoms with Gasteiger partial charge in [-0.25, -0.2) is 0 Å². The fourth-order valence-corrected chi connectivity index (χ4v) is 4.01. The molecule has 0 bridgehead atoms. The van der Waals surface area contributed by atoms with Crippen LogP contribution in [-0.4, -0.2) is 28.8 Å². The van der Waals surface area contributed by atoms with Gasteiger partial charge in [0, 0.05) is 34.0 Å². The fraction of sp³-hybridized carbons (Fsp3) is 0.429. The zero-order chi connectivity index (χ0) is 14.7. The predicted octanol–water partition coefficient (Wildman–Crippen LogP) is 3.53. The first-order chi connectivity index (χ1) is 9.50. The zero-order valence-corrected chi connectivity index (χ0v) is 13.5. The van der Waals surface area contributed by atoms with Gasteiger partial charge in [0.25, 0.3) is 0 Å². The number of aliphatic carboxylic acids is 1. The lowest BCUT2D eigenvalue weighted by Gasteiger charge is -2.35. The highest BCUT2D eigenvalue weighted by molar-refractivity contribution is 9.10. The number of para-hydroxylation sites is 1. The Morgan fingerprint density at radius 1 is 1.45 bits per heavy atom. The van der Waals surface area contributed by atoms with E-state index in [2.05, 4.69) is 15.9 Å². The second-order valence-electron chi connectivity index (χ2n) is 4.76. The van der Waals surface area contributed by atoms with Crippen LogP contribution in [0, 0.1) is 0 Å². The van der Waals surface area contributed by atoms with Gasteiger partial charge in [-0.2, -0.15) is 0 Å². The third-order valence-electron chi connectivity index (χ3n) is 3.16. The van der Waals surface area contributed by atoms with Crippen molar-refractivity contribution in [3.63, 3.8) is 0 Å².